The number of carbonyl (C=O) groups excluding carboxylic acids is 1. The van der Waals surface area contributed by atoms with Crippen molar-refractivity contribution in [2.24, 2.45) is 0 Å². The van der Waals surface area contributed by atoms with E-state index in [0.29, 0.717) is 6.42 Å². The van der Waals surface area contributed by atoms with Crippen LogP contribution in [0.15, 0.2) is 28.7 Å². The molecule has 0 fully saturated rings. The predicted molar refractivity (Wildman–Crippen MR) is 61.2 cm³/mol. The van der Waals surface area contributed by atoms with E-state index in [-0.39, 0.29) is 5.97 Å². The lowest BCUT2D eigenvalue weighted by Gasteiger charge is -1.98. The first-order valence-electron chi connectivity index (χ1n) is 4.53. The maximum atomic E-state index is 10.8. The van der Waals surface area contributed by atoms with Gasteiger partial charge in [0, 0.05) is 4.47 Å². The van der Waals surface area contributed by atoms with E-state index in [2.05, 4.69) is 20.7 Å². The van der Waals surface area contributed by atoms with E-state index < -0.39 is 0 Å². The highest BCUT2D eigenvalue weighted by atomic mass is 79.9. The summed E-state index contributed by atoms with van der Waals surface area (Å²) in [6.45, 7) is 4.00. The molecular formula is C11H15BrO2. The van der Waals surface area contributed by atoms with E-state index >= 15 is 0 Å². The molecule has 2 nitrogen and oxygen atoms in total. The number of hydrogen-bond acceptors (Lipinski definition) is 2. The quantitative estimate of drug-likeness (QED) is 0.762. The van der Waals surface area contributed by atoms with E-state index in [1.165, 1.54) is 7.11 Å². The first-order valence-corrected chi connectivity index (χ1v) is 5.33. The Morgan fingerprint density at radius 3 is 2.21 bits per heavy atom. The van der Waals surface area contributed by atoms with Crippen molar-refractivity contribution in [3.8, 4) is 0 Å². The molecule has 0 atom stereocenters. The Morgan fingerprint density at radius 2 is 1.79 bits per heavy atom. The first kappa shape index (κ1) is 13.2. The van der Waals surface area contributed by atoms with Gasteiger partial charge in [-0.15, -0.1) is 0 Å². The highest BCUT2D eigenvalue weighted by molar-refractivity contribution is 9.10. The minimum atomic E-state index is -0.211. The SMILES string of the molecule is CC.COC(=O)Cc1ccc(Br)cc1. The molecule has 0 saturated carbocycles. The van der Waals surface area contributed by atoms with Crippen LogP contribution in [0, 0.1) is 0 Å². The fraction of sp³-hybridized carbons (Fsp3) is 0.364. The van der Waals surface area contributed by atoms with Crippen LogP contribution in [-0.4, -0.2) is 13.1 Å². The third-order valence-electron chi connectivity index (χ3n) is 1.49. The van der Waals surface area contributed by atoms with Crippen LogP contribution in [0.5, 0.6) is 0 Å². The third-order valence-corrected chi connectivity index (χ3v) is 2.02. The Morgan fingerprint density at radius 1 is 1.29 bits per heavy atom. The summed E-state index contributed by atoms with van der Waals surface area (Å²) < 4.78 is 5.54. The number of halogens is 1. The van der Waals surface area contributed by atoms with Crippen LogP contribution < -0.4 is 0 Å². The Balaban J connectivity index is 0.000000791. The Labute approximate surface area is 93.4 Å². The molecule has 0 N–H and O–H groups in total. The van der Waals surface area contributed by atoms with Gasteiger partial charge in [0.1, 0.15) is 0 Å². The molecule has 0 radical (unpaired) electrons. The van der Waals surface area contributed by atoms with Gasteiger partial charge in [-0.1, -0.05) is 41.9 Å². The highest BCUT2D eigenvalue weighted by Gasteiger charge is 2.01. The van der Waals surface area contributed by atoms with Crippen molar-refractivity contribution in [3.63, 3.8) is 0 Å². The van der Waals surface area contributed by atoms with Gasteiger partial charge in [-0.25, -0.2) is 0 Å². The smallest absolute Gasteiger partial charge is 0.309 e. The van der Waals surface area contributed by atoms with E-state index in [1.807, 2.05) is 38.1 Å². The van der Waals surface area contributed by atoms with Crippen LogP contribution in [0.25, 0.3) is 0 Å². The monoisotopic (exact) mass is 258 g/mol. The molecule has 0 unspecified atom stereocenters. The van der Waals surface area contributed by atoms with Crippen molar-refractivity contribution in [1.29, 1.82) is 0 Å². The van der Waals surface area contributed by atoms with Crippen LogP contribution in [0.1, 0.15) is 19.4 Å². The first-order chi connectivity index (χ1) is 6.72. The fourth-order valence-corrected chi connectivity index (χ4v) is 1.11. The van der Waals surface area contributed by atoms with Gasteiger partial charge >= 0.3 is 5.97 Å². The molecule has 14 heavy (non-hydrogen) atoms. The molecule has 0 aliphatic heterocycles. The average Bonchev–Trinajstić information content (AvgIpc) is 2.24. The molecule has 0 aliphatic carbocycles. The van der Waals surface area contributed by atoms with Crippen LogP contribution in [-0.2, 0) is 16.0 Å². The van der Waals surface area contributed by atoms with Gasteiger partial charge in [0.25, 0.3) is 0 Å². The normalized spacial score (nSPS) is 8.57. The second-order valence-electron chi connectivity index (χ2n) is 2.38. The second-order valence-corrected chi connectivity index (χ2v) is 3.30. The number of esters is 1. The Kier molecular flexibility index (Phi) is 7.11. The fourth-order valence-electron chi connectivity index (χ4n) is 0.841. The number of ether oxygens (including phenoxy) is 1. The topological polar surface area (TPSA) is 26.3 Å². The number of benzene rings is 1. The summed E-state index contributed by atoms with van der Waals surface area (Å²) in [4.78, 5) is 10.8. The molecule has 1 aromatic carbocycles. The zero-order chi connectivity index (χ0) is 11.0. The Bertz CT molecular complexity index is 267. The average molecular weight is 259 g/mol. The molecule has 0 spiro atoms. The molecule has 0 amide bonds. The summed E-state index contributed by atoms with van der Waals surface area (Å²) in [5.41, 5.74) is 0.963. The molecule has 3 heteroatoms. The van der Waals surface area contributed by atoms with Crippen LogP contribution in [0.4, 0.5) is 0 Å². The molecule has 0 heterocycles. The number of hydrogen-bond donors (Lipinski definition) is 0. The molecule has 78 valence electrons. The minimum absolute atomic E-state index is 0.211. The van der Waals surface area contributed by atoms with Crippen LogP contribution >= 0.6 is 15.9 Å². The summed E-state index contributed by atoms with van der Waals surface area (Å²) in [5.74, 6) is -0.211. The number of rotatable bonds is 2. The molecule has 0 saturated heterocycles. The maximum absolute atomic E-state index is 10.8. The number of carbonyl (C=O) groups is 1. The summed E-state index contributed by atoms with van der Waals surface area (Å²) in [6.07, 6.45) is 0.337. The van der Waals surface area contributed by atoms with Gasteiger partial charge < -0.3 is 4.74 Å². The van der Waals surface area contributed by atoms with Gasteiger partial charge in [0.15, 0.2) is 0 Å². The van der Waals surface area contributed by atoms with E-state index in [9.17, 15) is 4.79 Å². The second kappa shape index (κ2) is 7.56. The maximum Gasteiger partial charge on any atom is 0.309 e. The molecule has 1 rings (SSSR count). The van der Waals surface area contributed by atoms with Crippen molar-refractivity contribution in [2.75, 3.05) is 7.11 Å². The molecule has 0 bridgehead atoms. The van der Waals surface area contributed by atoms with E-state index in [0.717, 1.165) is 10.0 Å². The highest BCUT2D eigenvalue weighted by Crippen LogP contribution is 2.10. The standard InChI is InChI=1S/C9H9BrO2.C2H6/c1-12-9(11)6-7-2-4-8(10)5-3-7;1-2/h2-5H,6H2,1H3;1-2H3. The van der Waals surface area contributed by atoms with Crippen molar-refractivity contribution in [2.45, 2.75) is 20.3 Å². The van der Waals surface area contributed by atoms with Gasteiger partial charge in [0.05, 0.1) is 13.5 Å². The van der Waals surface area contributed by atoms with Gasteiger partial charge in [-0.05, 0) is 17.7 Å². The van der Waals surface area contributed by atoms with E-state index in [1.54, 1.807) is 0 Å². The summed E-state index contributed by atoms with van der Waals surface area (Å²) in [6, 6.07) is 7.58. The summed E-state index contributed by atoms with van der Waals surface area (Å²) >= 11 is 3.31. The zero-order valence-corrected chi connectivity index (χ0v) is 10.3. The van der Waals surface area contributed by atoms with Crippen molar-refractivity contribution in [3.05, 3.63) is 34.3 Å². The predicted octanol–water partition coefficient (Wildman–Crippen LogP) is 3.19. The summed E-state index contributed by atoms with van der Waals surface area (Å²) in [7, 11) is 1.39. The van der Waals surface area contributed by atoms with Gasteiger partial charge in [-0.3, -0.25) is 4.79 Å². The lowest BCUT2D eigenvalue weighted by molar-refractivity contribution is -0.139. The molecule has 0 aliphatic rings. The molecular weight excluding hydrogens is 244 g/mol. The molecule has 0 aromatic heterocycles. The largest absolute Gasteiger partial charge is 0.469 e. The van der Waals surface area contributed by atoms with Crippen molar-refractivity contribution < 1.29 is 9.53 Å². The minimum Gasteiger partial charge on any atom is -0.469 e. The van der Waals surface area contributed by atoms with Gasteiger partial charge in [0.2, 0.25) is 0 Å². The van der Waals surface area contributed by atoms with Crippen molar-refractivity contribution >= 4 is 21.9 Å². The summed E-state index contributed by atoms with van der Waals surface area (Å²) in [5, 5.41) is 0. The number of methoxy groups -OCH3 is 1. The lowest BCUT2D eigenvalue weighted by Crippen LogP contribution is -2.03. The lowest BCUT2D eigenvalue weighted by atomic mass is 10.2. The Hall–Kier alpha value is -0.830. The third kappa shape index (κ3) is 5.02. The van der Waals surface area contributed by atoms with Crippen LogP contribution in [0.2, 0.25) is 0 Å². The zero-order valence-electron chi connectivity index (χ0n) is 8.71. The van der Waals surface area contributed by atoms with E-state index in [4.69, 9.17) is 0 Å². The molecule has 1 aromatic rings. The van der Waals surface area contributed by atoms with Gasteiger partial charge in [-0.2, -0.15) is 0 Å². The van der Waals surface area contributed by atoms with Crippen LogP contribution in [0.3, 0.4) is 0 Å². The van der Waals surface area contributed by atoms with Crippen molar-refractivity contribution in [1.82, 2.24) is 0 Å².